The number of fused-ring (bicyclic) bond motifs is 3. The van der Waals surface area contributed by atoms with Gasteiger partial charge in [-0.3, -0.25) is 9.59 Å². The first-order valence-electron chi connectivity index (χ1n) is 11.1. The molecule has 2 aromatic rings. The Kier molecular flexibility index (Phi) is 6.44. The van der Waals surface area contributed by atoms with Gasteiger partial charge in [0.05, 0.1) is 5.92 Å². The highest BCUT2D eigenvalue weighted by molar-refractivity contribution is 5.86. The van der Waals surface area contributed by atoms with Crippen molar-refractivity contribution in [2.45, 2.75) is 50.6 Å². The van der Waals surface area contributed by atoms with Crippen molar-refractivity contribution in [3.05, 3.63) is 59.7 Å². The number of ether oxygens (including phenoxy) is 1. The summed E-state index contributed by atoms with van der Waals surface area (Å²) >= 11 is 0. The summed E-state index contributed by atoms with van der Waals surface area (Å²) in [6.07, 6.45) is 1.66. The smallest absolute Gasteiger partial charge is 0.407 e. The number of hydrogen-bond donors (Lipinski definition) is 3. The van der Waals surface area contributed by atoms with Crippen LogP contribution in [0.5, 0.6) is 0 Å². The second-order valence-corrected chi connectivity index (χ2v) is 8.42. The molecule has 7 heteroatoms. The van der Waals surface area contributed by atoms with Crippen LogP contribution in [0.3, 0.4) is 0 Å². The Bertz CT molecular complexity index is 975. The molecule has 0 saturated heterocycles. The van der Waals surface area contributed by atoms with Gasteiger partial charge >= 0.3 is 12.1 Å². The molecule has 3 N–H and O–H groups in total. The monoisotopic (exact) mass is 436 g/mol. The maximum Gasteiger partial charge on any atom is 0.407 e. The maximum absolute atomic E-state index is 12.6. The van der Waals surface area contributed by atoms with E-state index in [2.05, 4.69) is 22.8 Å². The fraction of sp³-hybridized carbons (Fsp3) is 0.400. The first-order valence-corrected chi connectivity index (χ1v) is 11.1. The Balaban J connectivity index is 1.36. The topological polar surface area (TPSA) is 105 Å². The van der Waals surface area contributed by atoms with E-state index in [-0.39, 0.29) is 18.4 Å². The van der Waals surface area contributed by atoms with Crippen molar-refractivity contribution in [1.82, 2.24) is 10.6 Å². The van der Waals surface area contributed by atoms with Crippen LogP contribution in [0.2, 0.25) is 0 Å². The molecule has 168 valence electrons. The van der Waals surface area contributed by atoms with Crippen LogP contribution < -0.4 is 10.6 Å². The number of carbonyl (C=O) groups excluding carboxylic acids is 2. The molecule has 1 fully saturated rings. The van der Waals surface area contributed by atoms with E-state index in [1.165, 1.54) is 0 Å². The van der Waals surface area contributed by atoms with Crippen molar-refractivity contribution < 1.29 is 24.2 Å². The summed E-state index contributed by atoms with van der Waals surface area (Å²) in [6.45, 7) is 1.96. The molecule has 2 aromatic carbocycles. The molecule has 2 aliphatic carbocycles. The van der Waals surface area contributed by atoms with Crippen molar-refractivity contribution >= 4 is 18.0 Å². The van der Waals surface area contributed by atoms with Crippen molar-refractivity contribution in [3.63, 3.8) is 0 Å². The predicted molar refractivity (Wildman–Crippen MR) is 119 cm³/mol. The zero-order valence-corrected chi connectivity index (χ0v) is 18.0. The van der Waals surface area contributed by atoms with Gasteiger partial charge in [0.2, 0.25) is 5.91 Å². The van der Waals surface area contributed by atoms with E-state index < -0.39 is 30.1 Å². The van der Waals surface area contributed by atoms with Crippen molar-refractivity contribution in [3.8, 4) is 11.1 Å². The highest BCUT2D eigenvalue weighted by Crippen LogP contribution is 2.44. The lowest BCUT2D eigenvalue weighted by atomic mass is 9.98. The fourth-order valence-corrected chi connectivity index (χ4v) is 4.85. The highest BCUT2D eigenvalue weighted by atomic mass is 16.5. The summed E-state index contributed by atoms with van der Waals surface area (Å²) < 4.78 is 5.53. The summed E-state index contributed by atoms with van der Waals surface area (Å²) in [5, 5.41) is 14.7. The number of aliphatic carboxylic acids is 1. The number of rotatable bonds is 7. The van der Waals surface area contributed by atoms with E-state index in [0.717, 1.165) is 28.7 Å². The van der Waals surface area contributed by atoms with Gasteiger partial charge in [0.15, 0.2) is 0 Å². The van der Waals surface area contributed by atoms with Gasteiger partial charge in [0.1, 0.15) is 12.6 Å². The Hall–Kier alpha value is -3.35. The quantitative estimate of drug-likeness (QED) is 0.614. The molecule has 3 atom stereocenters. The molecular formula is C25H28N2O5. The first kappa shape index (κ1) is 21.9. The summed E-state index contributed by atoms with van der Waals surface area (Å²) in [5.74, 6) is -1.91. The molecule has 2 amide bonds. The van der Waals surface area contributed by atoms with Gasteiger partial charge in [-0.15, -0.1) is 0 Å². The molecule has 0 unspecified atom stereocenters. The number of alkyl carbamates (subject to hydrolysis) is 1. The Morgan fingerprint density at radius 3 is 2.25 bits per heavy atom. The lowest BCUT2D eigenvalue weighted by molar-refractivity contribution is -0.142. The number of benzene rings is 2. The van der Waals surface area contributed by atoms with Gasteiger partial charge in [-0.1, -0.05) is 61.9 Å². The summed E-state index contributed by atoms with van der Waals surface area (Å²) in [6, 6.07) is 15.0. The minimum atomic E-state index is -0.898. The molecule has 2 aliphatic rings. The summed E-state index contributed by atoms with van der Waals surface area (Å²) in [5.41, 5.74) is 4.53. The van der Waals surface area contributed by atoms with Gasteiger partial charge in [-0.2, -0.15) is 0 Å². The largest absolute Gasteiger partial charge is 0.481 e. The number of nitrogens with one attached hydrogen (secondary N) is 2. The van der Waals surface area contributed by atoms with Crippen molar-refractivity contribution in [2.24, 2.45) is 5.92 Å². The van der Waals surface area contributed by atoms with Crippen LogP contribution >= 0.6 is 0 Å². The van der Waals surface area contributed by atoms with Gasteiger partial charge in [0, 0.05) is 12.0 Å². The molecule has 1 saturated carbocycles. The normalized spacial score (nSPS) is 20.2. The van der Waals surface area contributed by atoms with Crippen LogP contribution in [-0.2, 0) is 14.3 Å². The Labute approximate surface area is 187 Å². The van der Waals surface area contributed by atoms with E-state index in [1.54, 1.807) is 6.92 Å². The zero-order chi connectivity index (χ0) is 22.7. The third kappa shape index (κ3) is 4.33. The van der Waals surface area contributed by atoms with Gasteiger partial charge in [0.25, 0.3) is 0 Å². The molecule has 4 rings (SSSR count). The Morgan fingerprint density at radius 2 is 1.66 bits per heavy atom. The van der Waals surface area contributed by atoms with E-state index >= 15 is 0 Å². The third-order valence-corrected chi connectivity index (χ3v) is 6.52. The minimum absolute atomic E-state index is 0.0585. The van der Waals surface area contributed by atoms with Crippen molar-refractivity contribution in [2.75, 3.05) is 6.61 Å². The molecule has 0 aromatic heterocycles. The van der Waals surface area contributed by atoms with Crippen LogP contribution in [0.1, 0.15) is 49.7 Å². The second kappa shape index (κ2) is 9.42. The zero-order valence-electron chi connectivity index (χ0n) is 18.0. The number of carbonyl (C=O) groups is 3. The van der Waals surface area contributed by atoms with Crippen LogP contribution in [-0.4, -0.2) is 41.8 Å². The average Bonchev–Trinajstić information content (AvgIpc) is 3.38. The van der Waals surface area contributed by atoms with E-state index in [4.69, 9.17) is 4.74 Å². The fourth-order valence-electron chi connectivity index (χ4n) is 4.85. The van der Waals surface area contributed by atoms with E-state index in [1.807, 2.05) is 36.4 Å². The van der Waals surface area contributed by atoms with E-state index in [9.17, 15) is 19.5 Å². The lowest BCUT2D eigenvalue weighted by Gasteiger charge is -2.22. The molecule has 7 nitrogen and oxygen atoms in total. The number of amides is 2. The molecule has 0 radical (unpaired) electrons. The Morgan fingerprint density at radius 1 is 1.03 bits per heavy atom. The number of hydrogen-bond acceptors (Lipinski definition) is 4. The number of carboxylic acid groups (broad SMARTS) is 1. The molecule has 32 heavy (non-hydrogen) atoms. The molecule has 0 aliphatic heterocycles. The number of carboxylic acids is 1. The summed E-state index contributed by atoms with van der Waals surface area (Å²) in [7, 11) is 0. The van der Waals surface area contributed by atoms with Crippen LogP contribution in [0.4, 0.5) is 4.79 Å². The molecule has 0 bridgehead atoms. The van der Waals surface area contributed by atoms with Crippen LogP contribution in [0.15, 0.2) is 48.5 Å². The minimum Gasteiger partial charge on any atom is -0.481 e. The predicted octanol–water partition coefficient (Wildman–Crippen LogP) is 3.67. The third-order valence-electron chi connectivity index (χ3n) is 6.52. The van der Waals surface area contributed by atoms with Crippen LogP contribution in [0, 0.1) is 5.92 Å². The standard InChI is InChI=1S/C25H28N2O5/c1-2-21(23(28)26-22-13-7-12-19(22)24(29)30)27-25(31)32-14-20-17-10-5-3-8-15(17)16-9-4-6-11-18(16)20/h3-6,8-11,19-22H,2,7,12-14H2,1H3,(H,26,28)(H,27,31)(H,29,30)/t19-,21+,22+/m0/s1. The van der Waals surface area contributed by atoms with Crippen LogP contribution in [0.25, 0.3) is 11.1 Å². The molecule has 0 spiro atoms. The van der Waals surface area contributed by atoms with Crippen molar-refractivity contribution in [1.29, 1.82) is 0 Å². The first-order chi connectivity index (χ1) is 15.5. The van der Waals surface area contributed by atoms with Gasteiger partial charge in [-0.05, 0) is 41.5 Å². The van der Waals surface area contributed by atoms with E-state index in [0.29, 0.717) is 19.3 Å². The SMILES string of the molecule is CC[C@@H](NC(=O)OCC1c2ccccc2-c2ccccc21)C(=O)N[C@@H]1CCC[C@@H]1C(=O)O. The average molecular weight is 437 g/mol. The highest BCUT2D eigenvalue weighted by Gasteiger charge is 2.35. The lowest BCUT2D eigenvalue weighted by Crippen LogP contribution is -2.51. The summed E-state index contributed by atoms with van der Waals surface area (Å²) in [4.78, 5) is 36.5. The maximum atomic E-state index is 12.6. The second-order valence-electron chi connectivity index (χ2n) is 8.42. The molecule has 0 heterocycles. The van der Waals surface area contributed by atoms with Gasteiger partial charge < -0.3 is 20.5 Å². The van der Waals surface area contributed by atoms with Gasteiger partial charge in [-0.25, -0.2) is 4.79 Å². The molecular weight excluding hydrogens is 408 g/mol.